The van der Waals surface area contributed by atoms with Crippen LogP contribution < -0.4 is 4.74 Å². The van der Waals surface area contributed by atoms with Crippen molar-refractivity contribution in [1.29, 1.82) is 0 Å². The molecule has 0 fully saturated rings. The Balaban J connectivity index is 0.00000141. The third-order valence-electron chi connectivity index (χ3n) is 3.23. The summed E-state index contributed by atoms with van der Waals surface area (Å²) in [7, 11) is 0. The van der Waals surface area contributed by atoms with E-state index < -0.39 is 17.1 Å². The van der Waals surface area contributed by atoms with Crippen LogP contribution in [0.3, 0.4) is 0 Å². The predicted octanol–water partition coefficient (Wildman–Crippen LogP) is 3.03. The fraction of sp³-hybridized carbons (Fsp3) is 0.643. The summed E-state index contributed by atoms with van der Waals surface area (Å²) in [5, 5.41) is 20.9. The second kappa shape index (κ2) is 7.48. The normalized spacial score (nSPS) is 17.0. The zero-order valence-corrected chi connectivity index (χ0v) is 15.2. The van der Waals surface area contributed by atoms with Crippen molar-refractivity contribution in [1.82, 2.24) is 4.98 Å². The molecule has 0 radical (unpaired) electrons. The van der Waals surface area contributed by atoms with E-state index >= 15 is 0 Å². The molecule has 1 aromatic rings. The van der Waals surface area contributed by atoms with Crippen molar-refractivity contribution < 1.29 is 14.8 Å². The lowest BCUT2D eigenvalue weighted by atomic mass is 9.86. The number of rotatable bonds is 3. The van der Waals surface area contributed by atoms with Crippen LogP contribution in [0.2, 0.25) is 5.15 Å². The van der Waals surface area contributed by atoms with Crippen LogP contribution in [0, 0.1) is 10.1 Å². The van der Waals surface area contributed by atoms with Crippen molar-refractivity contribution in [2.45, 2.75) is 45.6 Å². The summed E-state index contributed by atoms with van der Waals surface area (Å²) in [6, 6.07) is 1.64. The maximum Gasteiger partial charge on any atom is 0.237 e. The van der Waals surface area contributed by atoms with Crippen LogP contribution in [-0.2, 0) is 11.0 Å². The number of aromatic nitrogens is 1. The average molecular weight is 351 g/mol. The fourth-order valence-corrected chi connectivity index (χ4v) is 2.33. The Morgan fingerprint density at radius 3 is 2.59 bits per heavy atom. The molecule has 126 valence electrons. The second-order valence-electron chi connectivity index (χ2n) is 5.61. The van der Waals surface area contributed by atoms with Gasteiger partial charge in [0.15, 0.2) is 16.5 Å². The van der Waals surface area contributed by atoms with Crippen LogP contribution in [-0.4, -0.2) is 28.2 Å². The van der Waals surface area contributed by atoms with E-state index in [1.54, 1.807) is 6.07 Å². The SMILES string of the molecule is CC.CC1(C)COc2c1cc(C(C)(O)C[N+](=O)[O-])nc2Cl.S. The number of nitrogens with zero attached hydrogens (tertiary/aromatic N) is 2. The first kappa shape index (κ1) is 20.9. The lowest BCUT2D eigenvalue weighted by Crippen LogP contribution is -2.32. The third-order valence-corrected chi connectivity index (χ3v) is 3.48. The predicted molar refractivity (Wildman–Crippen MR) is 90.9 cm³/mol. The van der Waals surface area contributed by atoms with E-state index in [-0.39, 0.29) is 29.8 Å². The number of hydrogen-bond donors (Lipinski definition) is 1. The molecule has 22 heavy (non-hydrogen) atoms. The van der Waals surface area contributed by atoms with Crippen molar-refractivity contribution >= 4 is 25.1 Å². The van der Waals surface area contributed by atoms with Gasteiger partial charge in [0.2, 0.25) is 6.54 Å². The van der Waals surface area contributed by atoms with Gasteiger partial charge in [0, 0.05) is 15.9 Å². The van der Waals surface area contributed by atoms with Gasteiger partial charge in [-0.1, -0.05) is 39.3 Å². The Morgan fingerprint density at radius 1 is 1.55 bits per heavy atom. The summed E-state index contributed by atoms with van der Waals surface area (Å²) < 4.78 is 5.48. The highest BCUT2D eigenvalue weighted by Crippen LogP contribution is 2.43. The fourth-order valence-electron chi connectivity index (χ4n) is 2.08. The molecule has 2 rings (SSSR count). The molecule has 8 heteroatoms. The van der Waals surface area contributed by atoms with Crippen LogP contribution in [0.4, 0.5) is 0 Å². The third kappa shape index (κ3) is 4.24. The molecule has 1 aliphatic heterocycles. The van der Waals surface area contributed by atoms with Crippen LogP contribution in [0.1, 0.15) is 45.9 Å². The van der Waals surface area contributed by atoms with Crippen molar-refractivity contribution in [3.8, 4) is 5.75 Å². The molecule has 0 saturated heterocycles. The molecular weight excluding hydrogens is 328 g/mol. The molecule has 1 N–H and O–H groups in total. The Hall–Kier alpha value is -1.05. The quantitative estimate of drug-likeness (QED) is 0.514. The number of aliphatic hydroxyl groups is 1. The zero-order valence-electron chi connectivity index (χ0n) is 13.4. The minimum atomic E-state index is -1.67. The number of hydrogen-bond acceptors (Lipinski definition) is 5. The molecule has 6 nitrogen and oxygen atoms in total. The molecule has 1 atom stereocenters. The average Bonchev–Trinajstić information content (AvgIpc) is 2.67. The summed E-state index contributed by atoms with van der Waals surface area (Å²) >= 11 is 6.03. The van der Waals surface area contributed by atoms with E-state index in [0.29, 0.717) is 12.4 Å². The van der Waals surface area contributed by atoms with Gasteiger partial charge >= 0.3 is 0 Å². The van der Waals surface area contributed by atoms with Gasteiger partial charge in [-0.05, 0) is 13.0 Å². The molecule has 0 bridgehead atoms. The molecule has 0 saturated carbocycles. The zero-order chi connectivity index (χ0) is 16.4. The number of pyridine rings is 1. The molecule has 1 aromatic heterocycles. The standard InChI is InChI=1S/C12H15ClN2O4.C2H6.H2S/c1-11(2)6-19-9-7(11)4-8(14-10(9)13)12(3,16)5-15(17)18;1-2;/h4,16H,5-6H2,1-3H3;1-2H3;1H2. The molecule has 0 spiro atoms. The van der Waals surface area contributed by atoms with E-state index in [2.05, 4.69) is 4.98 Å². The van der Waals surface area contributed by atoms with Crippen molar-refractivity contribution in [3.63, 3.8) is 0 Å². The topological polar surface area (TPSA) is 85.5 Å². The summed E-state index contributed by atoms with van der Waals surface area (Å²) in [5.41, 5.74) is -0.931. The number of fused-ring (bicyclic) bond motifs is 1. The van der Waals surface area contributed by atoms with Crippen molar-refractivity contribution in [3.05, 3.63) is 32.6 Å². The van der Waals surface area contributed by atoms with E-state index in [0.717, 1.165) is 5.56 Å². The maximum atomic E-state index is 10.6. The van der Waals surface area contributed by atoms with Gasteiger partial charge in [-0.25, -0.2) is 4.98 Å². The highest BCUT2D eigenvalue weighted by molar-refractivity contribution is 7.59. The first-order chi connectivity index (χ1) is 9.63. The Labute approximate surface area is 142 Å². The van der Waals surface area contributed by atoms with Crippen LogP contribution >= 0.6 is 25.1 Å². The number of nitro groups is 1. The second-order valence-corrected chi connectivity index (χ2v) is 5.97. The number of halogens is 1. The number of ether oxygens (including phenoxy) is 1. The maximum absolute atomic E-state index is 10.6. The molecule has 2 heterocycles. The van der Waals surface area contributed by atoms with Gasteiger partial charge in [0.05, 0.1) is 12.3 Å². The molecule has 0 aliphatic carbocycles. The largest absolute Gasteiger partial charge is 0.489 e. The molecule has 0 amide bonds. The molecule has 1 unspecified atom stereocenters. The summed E-state index contributed by atoms with van der Waals surface area (Å²) in [5.74, 6) is 0.493. The Bertz CT molecular complexity index is 550. The lowest BCUT2D eigenvalue weighted by Gasteiger charge is -2.21. The summed E-state index contributed by atoms with van der Waals surface area (Å²) in [6.07, 6.45) is 0. The van der Waals surface area contributed by atoms with Gasteiger partial charge in [-0.3, -0.25) is 10.1 Å². The van der Waals surface area contributed by atoms with Crippen molar-refractivity contribution in [2.24, 2.45) is 0 Å². The van der Waals surface area contributed by atoms with Gasteiger partial charge in [-0.15, -0.1) is 0 Å². The summed E-state index contributed by atoms with van der Waals surface area (Å²) in [6.45, 7) is 9.13. The van der Waals surface area contributed by atoms with Crippen molar-refractivity contribution in [2.75, 3.05) is 13.2 Å². The lowest BCUT2D eigenvalue weighted by molar-refractivity contribution is -0.501. The van der Waals surface area contributed by atoms with Gasteiger partial charge in [-0.2, -0.15) is 13.5 Å². The molecule has 0 aromatic carbocycles. The van der Waals surface area contributed by atoms with Crippen LogP contribution in [0.25, 0.3) is 0 Å². The molecule has 1 aliphatic rings. The Morgan fingerprint density at radius 2 is 2.09 bits per heavy atom. The minimum absolute atomic E-state index is 0. The van der Waals surface area contributed by atoms with E-state index in [1.807, 2.05) is 27.7 Å². The van der Waals surface area contributed by atoms with E-state index in [4.69, 9.17) is 16.3 Å². The highest BCUT2D eigenvalue weighted by atomic mass is 35.5. The van der Waals surface area contributed by atoms with E-state index in [1.165, 1.54) is 6.92 Å². The monoisotopic (exact) mass is 350 g/mol. The highest BCUT2D eigenvalue weighted by Gasteiger charge is 2.38. The minimum Gasteiger partial charge on any atom is -0.489 e. The first-order valence-electron chi connectivity index (χ1n) is 6.82. The molecular formula is C14H23ClN2O4S. The van der Waals surface area contributed by atoms with E-state index in [9.17, 15) is 15.2 Å². The summed E-state index contributed by atoms with van der Waals surface area (Å²) in [4.78, 5) is 14.0. The van der Waals surface area contributed by atoms with Crippen LogP contribution in [0.5, 0.6) is 5.75 Å². The van der Waals surface area contributed by atoms with Crippen LogP contribution in [0.15, 0.2) is 6.07 Å². The van der Waals surface area contributed by atoms with Gasteiger partial charge in [0.25, 0.3) is 0 Å². The smallest absolute Gasteiger partial charge is 0.237 e. The first-order valence-corrected chi connectivity index (χ1v) is 7.20. The van der Waals surface area contributed by atoms with Gasteiger partial charge < -0.3 is 9.84 Å². The Kier molecular flexibility index (Phi) is 7.12. The van der Waals surface area contributed by atoms with Gasteiger partial charge in [0.1, 0.15) is 0 Å².